The first-order valence-electron chi connectivity index (χ1n) is 7.50. The number of thioether (sulfide) groups is 1. The van der Waals surface area contributed by atoms with Gasteiger partial charge >= 0.3 is 0 Å². The molecule has 2 aromatic carbocycles. The molecule has 0 unspecified atom stereocenters. The Morgan fingerprint density at radius 2 is 1.79 bits per heavy atom. The Hall–Kier alpha value is -1.36. The van der Waals surface area contributed by atoms with Crippen molar-refractivity contribution < 1.29 is 9.53 Å². The summed E-state index contributed by atoms with van der Waals surface area (Å²) in [6.07, 6.45) is 0.376. The molecule has 3 nitrogen and oxygen atoms in total. The summed E-state index contributed by atoms with van der Waals surface area (Å²) in [5.74, 6) is 2.49. The van der Waals surface area contributed by atoms with E-state index in [2.05, 4.69) is 5.32 Å². The first kappa shape index (κ1) is 19.0. The van der Waals surface area contributed by atoms with Crippen molar-refractivity contribution in [2.75, 3.05) is 19.4 Å². The van der Waals surface area contributed by atoms with Crippen LogP contribution in [0, 0.1) is 0 Å². The Morgan fingerprint density at radius 3 is 2.46 bits per heavy atom. The molecule has 0 aliphatic rings. The van der Waals surface area contributed by atoms with E-state index in [1.165, 1.54) is 0 Å². The molecule has 0 heterocycles. The number of carbonyl (C=O) groups is 1. The summed E-state index contributed by atoms with van der Waals surface area (Å²) in [5.41, 5.74) is 2.09. The quantitative estimate of drug-likeness (QED) is 0.677. The number of hydrogen-bond donors (Lipinski definition) is 1. The third-order valence-corrected chi connectivity index (χ3v) is 5.11. The van der Waals surface area contributed by atoms with Gasteiger partial charge in [0.25, 0.3) is 0 Å². The minimum atomic E-state index is 0.0234. The number of amides is 1. The molecule has 0 saturated heterocycles. The fraction of sp³-hybridized carbons (Fsp3) is 0.278. The van der Waals surface area contributed by atoms with Gasteiger partial charge in [0, 0.05) is 18.1 Å². The molecule has 2 aromatic rings. The van der Waals surface area contributed by atoms with Crippen molar-refractivity contribution in [2.45, 2.75) is 12.2 Å². The number of methoxy groups -OCH3 is 1. The summed E-state index contributed by atoms with van der Waals surface area (Å²) >= 11 is 13.6. The third kappa shape index (κ3) is 6.27. The Bertz CT molecular complexity index is 677. The Labute approximate surface area is 156 Å². The number of rotatable bonds is 8. The van der Waals surface area contributed by atoms with Gasteiger partial charge in [-0.2, -0.15) is 11.8 Å². The van der Waals surface area contributed by atoms with Crippen LogP contribution >= 0.6 is 35.0 Å². The molecule has 0 fully saturated rings. The van der Waals surface area contributed by atoms with Crippen LogP contribution in [0.2, 0.25) is 10.0 Å². The molecule has 0 aromatic heterocycles. The maximum atomic E-state index is 11.9. The van der Waals surface area contributed by atoms with Gasteiger partial charge in [-0.05, 0) is 35.4 Å². The summed E-state index contributed by atoms with van der Waals surface area (Å²) in [5, 5.41) is 4.07. The van der Waals surface area contributed by atoms with Crippen LogP contribution in [0.25, 0.3) is 0 Å². The highest BCUT2D eigenvalue weighted by molar-refractivity contribution is 7.98. The fourth-order valence-electron chi connectivity index (χ4n) is 2.07. The van der Waals surface area contributed by atoms with Crippen LogP contribution in [0.5, 0.6) is 5.75 Å². The molecule has 0 atom stereocenters. The lowest BCUT2D eigenvalue weighted by Crippen LogP contribution is -2.27. The third-order valence-electron chi connectivity index (χ3n) is 3.35. The van der Waals surface area contributed by atoms with E-state index in [0.29, 0.717) is 23.0 Å². The monoisotopic (exact) mass is 383 g/mol. The van der Waals surface area contributed by atoms with Gasteiger partial charge in [-0.15, -0.1) is 0 Å². The molecule has 0 radical (unpaired) electrons. The first-order valence-corrected chi connectivity index (χ1v) is 9.41. The fourth-order valence-corrected chi connectivity index (χ4v) is 3.20. The van der Waals surface area contributed by atoms with Crippen molar-refractivity contribution in [1.29, 1.82) is 0 Å². The van der Waals surface area contributed by atoms with Crippen molar-refractivity contribution >= 4 is 40.9 Å². The minimum Gasteiger partial charge on any atom is -0.497 e. The average molecular weight is 384 g/mol. The zero-order valence-corrected chi connectivity index (χ0v) is 15.7. The van der Waals surface area contributed by atoms with Gasteiger partial charge in [0.05, 0.1) is 23.6 Å². The predicted molar refractivity (Wildman–Crippen MR) is 102 cm³/mol. The van der Waals surface area contributed by atoms with E-state index in [-0.39, 0.29) is 5.91 Å². The maximum absolute atomic E-state index is 11.9. The summed E-state index contributed by atoms with van der Waals surface area (Å²) < 4.78 is 5.10. The van der Waals surface area contributed by atoms with E-state index in [1.54, 1.807) is 24.9 Å². The SMILES string of the molecule is COc1ccc(CC(=O)NCCSCc2ccc(Cl)c(Cl)c2)cc1. The normalized spacial score (nSPS) is 10.5. The largest absolute Gasteiger partial charge is 0.497 e. The van der Waals surface area contributed by atoms with E-state index >= 15 is 0 Å². The van der Waals surface area contributed by atoms with Crippen molar-refractivity contribution in [3.05, 3.63) is 63.6 Å². The van der Waals surface area contributed by atoms with Crippen molar-refractivity contribution in [3.8, 4) is 5.75 Å². The highest BCUT2D eigenvalue weighted by atomic mass is 35.5. The molecule has 0 spiro atoms. The van der Waals surface area contributed by atoms with Crippen molar-refractivity contribution in [2.24, 2.45) is 0 Å². The van der Waals surface area contributed by atoms with Gasteiger partial charge in [-0.3, -0.25) is 4.79 Å². The Morgan fingerprint density at radius 1 is 1.08 bits per heavy atom. The lowest BCUT2D eigenvalue weighted by Gasteiger charge is -2.07. The topological polar surface area (TPSA) is 38.3 Å². The second kappa shape index (κ2) is 9.82. The lowest BCUT2D eigenvalue weighted by molar-refractivity contribution is -0.120. The van der Waals surface area contributed by atoms with Crippen LogP contribution in [0.1, 0.15) is 11.1 Å². The molecule has 0 aliphatic carbocycles. The van der Waals surface area contributed by atoms with Gasteiger partial charge in [0.2, 0.25) is 5.91 Å². The van der Waals surface area contributed by atoms with Crippen LogP contribution in [0.4, 0.5) is 0 Å². The molecular weight excluding hydrogens is 365 g/mol. The number of hydrogen-bond acceptors (Lipinski definition) is 3. The van der Waals surface area contributed by atoms with Crippen LogP contribution in [-0.2, 0) is 17.0 Å². The van der Waals surface area contributed by atoms with Gasteiger partial charge in [-0.1, -0.05) is 41.4 Å². The van der Waals surface area contributed by atoms with Crippen LogP contribution in [0.15, 0.2) is 42.5 Å². The average Bonchev–Trinajstić information content (AvgIpc) is 2.58. The molecule has 0 aliphatic heterocycles. The van der Waals surface area contributed by atoms with E-state index in [4.69, 9.17) is 27.9 Å². The van der Waals surface area contributed by atoms with E-state index < -0.39 is 0 Å². The van der Waals surface area contributed by atoms with Crippen LogP contribution in [-0.4, -0.2) is 25.3 Å². The maximum Gasteiger partial charge on any atom is 0.224 e. The molecular formula is C18H19Cl2NO2S. The number of nitrogens with one attached hydrogen (secondary N) is 1. The standard InChI is InChI=1S/C18H19Cl2NO2S/c1-23-15-5-2-13(3-6-15)11-18(22)21-8-9-24-12-14-4-7-16(19)17(20)10-14/h2-7,10H,8-9,11-12H2,1H3,(H,21,22). The molecule has 1 N–H and O–H groups in total. The molecule has 2 rings (SSSR count). The summed E-state index contributed by atoms with van der Waals surface area (Å²) in [6, 6.07) is 13.2. The van der Waals surface area contributed by atoms with E-state index in [1.807, 2.05) is 36.4 Å². The molecule has 24 heavy (non-hydrogen) atoms. The van der Waals surface area contributed by atoms with E-state index in [9.17, 15) is 4.79 Å². The van der Waals surface area contributed by atoms with Crippen LogP contribution in [0.3, 0.4) is 0 Å². The molecule has 0 bridgehead atoms. The second-order valence-electron chi connectivity index (χ2n) is 5.18. The number of benzene rings is 2. The van der Waals surface area contributed by atoms with Crippen molar-refractivity contribution in [3.63, 3.8) is 0 Å². The second-order valence-corrected chi connectivity index (χ2v) is 7.10. The van der Waals surface area contributed by atoms with Crippen LogP contribution < -0.4 is 10.1 Å². The summed E-state index contributed by atoms with van der Waals surface area (Å²) in [4.78, 5) is 11.9. The Kier molecular flexibility index (Phi) is 7.76. The minimum absolute atomic E-state index is 0.0234. The molecule has 128 valence electrons. The summed E-state index contributed by atoms with van der Waals surface area (Å²) in [7, 11) is 1.62. The number of halogens is 2. The molecule has 1 amide bonds. The highest BCUT2D eigenvalue weighted by Gasteiger charge is 2.04. The Balaban J connectivity index is 1.64. The number of ether oxygens (including phenoxy) is 1. The zero-order chi connectivity index (χ0) is 17.4. The molecule has 6 heteroatoms. The van der Waals surface area contributed by atoms with Gasteiger partial charge in [0.15, 0.2) is 0 Å². The van der Waals surface area contributed by atoms with Gasteiger partial charge in [0.1, 0.15) is 5.75 Å². The first-order chi connectivity index (χ1) is 11.6. The highest BCUT2D eigenvalue weighted by Crippen LogP contribution is 2.24. The molecule has 0 saturated carbocycles. The van der Waals surface area contributed by atoms with Gasteiger partial charge in [-0.25, -0.2) is 0 Å². The number of carbonyl (C=O) groups excluding carboxylic acids is 1. The lowest BCUT2D eigenvalue weighted by atomic mass is 10.1. The zero-order valence-electron chi connectivity index (χ0n) is 13.4. The smallest absolute Gasteiger partial charge is 0.224 e. The predicted octanol–water partition coefficient (Wildman–Crippen LogP) is 4.59. The van der Waals surface area contributed by atoms with E-state index in [0.717, 1.165) is 28.4 Å². The summed E-state index contributed by atoms with van der Waals surface area (Å²) in [6.45, 7) is 0.640. The van der Waals surface area contributed by atoms with Crippen molar-refractivity contribution in [1.82, 2.24) is 5.32 Å². The van der Waals surface area contributed by atoms with Gasteiger partial charge < -0.3 is 10.1 Å².